The van der Waals surface area contributed by atoms with E-state index in [0.29, 0.717) is 12.3 Å². The number of hydrogen-bond donors (Lipinski definition) is 1. The van der Waals surface area contributed by atoms with Gasteiger partial charge in [-0.05, 0) is 24.2 Å². The summed E-state index contributed by atoms with van der Waals surface area (Å²) in [5.74, 6) is -0.169. The zero-order valence-corrected chi connectivity index (χ0v) is 11.7. The third-order valence-electron chi connectivity index (χ3n) is 3.17. The zero-order chi connectivity index (χ0) is 13.8. The second-order valence-electron chi connectivity index (χ2n) is 5.86. The summed E-state index contributed by atoms with van der Waals surface area (Å²) in [5.41, 5.74) is -0.353. The fourth-order valence-corrected chi connectivity index (χ4v) is 2.07. The van der Waals surface area contributed by atoms with Crippen LogP contribution in [0.4, 0.5) is 0 Å². The SMILES string of the molecule is COC(=O)C(NC(=O)CC1C=CCC1)C(C)(C)C. The lowest BCUT2D eigenvalue weighted by molar-refractivity contribution is -0.148. The summed E-state index contributed by atoms with van der Waals surface area (Å²) in [4.78, 5) is 23.6. The lowest BCUT2D eigenvalue weighted by Crippen LogP contribution is -2.49. The first kappa shape index (κ1) is 14.7. The minimum atomic E-state index is -0.597. The van der Waals surface area contributed by atoms with E-state index in [1.807, 2.05) is 20.8 Å². The second-order valence-corrected chi connectivity index (χ2v) is 5.86. The van der Waals surface area contributed by atoms with Crippen LogP contribution >= 0.6 is 0 Å². The molecule has 1 aliphatic carbocycles. The third kappa shape index (κ3) is 4.17. The summed E-state index contributed by atoms with van der Waals surface area (Å²) in [5, 5.41) is 2.79. The van der Waals surface area contributed by atoms with Gasteiger partial charge >= 0.3 is 5.97 Å². The van der Waals surface area contributed by atoms with Crippen molar-refractivity contribution in [2.75, 3.05) is 7.11 Å². The minimum absolute atomic E-state index is 0.0862. The molecular weight excluding hydrogens is 230 g/mol. The highest BCUT2D eigenvalue weighted by Gasteiger charge is 2.33. The fraction of sp³-hybridized carbons (Fsp3) is 0.714. The van der Waals surface area contributed by atoms with Crippen molar-refractivity contribution < 1.29 is 14.3 Å². The van der Waals surface area contributed by atoms with E-state index in [1.54, 1.807) is 0 Å². The van der Waals surface area contributed by atoms with Gasteiger partial charge in [0.05, 0.1) is 7.11 Å². The molecule has 0 bridgehead atoms. The predicted octanol–water partition coefficient (Wildman–Crippen LogP) is 2.05. The Morgan fingerprint density at radius 3 is 2.56 bits per heavy atom. The Balaban J connectivity index is 2.57. The average Bonchev–Trinajstić information content (AvgIpc) is 2.76. The van der Waals surface area contributed by atoms with Gasteiger partial charge in [-0.25, -0.2) is 4.79 Å². The molecule has 0 saturated carbocycles. The largest absolute Gasteiger partial charge is 0.467 e. The maximum absolute atomic E-state index is 11.9. The van der Waals surface area contributed by atoms with Crippen LogP contribution in [0.1, 0.15) is 40.0 Å². The van der Waals surface area contributed by atoms with Gasteiger partial charge in [0.15, 0.2) is 0 Å². The van der Waals surface area contributed by atoms with Gasteiger partial charge < -0.3 is 10.1 Å². The van der Waals surface area contributed by atoms with Gasteiger partial charge in [0.2, 0.25) is 5.91 Å². The van der Waals surface area contributed by atoms with Crippen LogP contribution in [0.5, 0.6) is 0 Å². The monoisotopic (exact) mass is 253 g/mol. The van der Waals surface area contributed by atoms with Crippen molar-refractivity contribution in [3.05, 3.63) is 12.2 Å². The van der Waals surface area contributed by atoms with Crippen molar-refractivity contribution in [3.8, 4) is 0 Å². The highest BCUT2D eigenvalue weighted by molar-refractivity contribution is 5.85. The first-order chi connectivity index (χ1) is 8.34. The molecule has 0 aliphatic heterocycles. The maximum Gasteiger partial charge on any atom is 0.328 e. The predicted molar refractivity (Wildman–Crippen MR) is 69.9 cm³/mol. The molecule has 0 spiro atoms. The zero-order valence-electron chi connectivity index (χ0n) is 11.7. The number of allylic oxidation sites excluding steroid dienone is 2. The Morgan fingerprint density at radius 2 is 2.11 bits per heavy atom. The molecule has 1 N–H and O–H groups in total. The molecule has 0 aromatic carbocycles. The van der Waals surface area contributed by atoms with Crippen LogP contribution in [-0.4, -0.2) is 25.0 Å². The molecule has 0 fully saturated rings. The number of carbonyl (C=O) groups is 2. The number of rotatable bonds is 4. The molecule has 2 atom stereocenters. The smallest absolute Gasteiger partial charge is 0.328 e. The number of nitrogens with one attached hydrogen (secondary N) is 1. The van der Waals surface area contributed by atoms with E-state index in [9.17, 15) is 9.59 Å². The number of hydrogen-bond acceptors (Lipinski definition) is 3. The van der Waals surface area contributed by atoms with Crippen molar-refractivity contribution in [2.24, 2.45) is 11.3 Å². The number of amides is 1. The quantitative estimate of drug-likeness (QED) is 0.616. The summed E-state index contributed by atoms with van der Waals surface area (Å²) in [6, 6.07) is -0.597. The van der Waals surface area contributed by atoms with Crippen LogP contribution < -0.4 is 5.32 Å². The van der Waals surface area contributed by atoms with Gasteiger partial charge in [-0.2, -0.15) is 0 Å². The van der Waals surface area contributed by atoms with Crippen LogP contribution in [0.25, 0.3) is 0 Å². The average molecular weight is 253 g/mol. The first-order valence-corrected chi connectivity index (χ1v) is 6.38. The lowest BCUT2D eigenvalue weighted by atomic mass is 9.86. The van der Waals surface area contributed by atoms with Gasteiger partial charge in [-0.3, -0.25) is 4.79 Å². The number of esters is 1. The summed E-state index contributed by atoms with van der Waals surface area (Å²) >= 11 is 0. The fourth-order valence-electron chi connectivity index (χ4n) is 2.07. The molecule has 0 aromatic heterocycles. The van der Waals surface area contributed by atoms with Crippen LogP contribution in [0.2, 0.25) is 0 Å². The van der Waals surface area contributed by atoms with Gasteiger partial charge in [0.1, 0.15) is 6.04 Å². The van der Waals surface area contributed by atoms with Crippen LogP contribution in [0.15, 0.2) is 12.2 Å². The Hall–Kier alpha value is -1.32. The summed E-state index contributed by atoms with van der Waals surface area (Å²) in [6.07, 6.45) is 6.67. The summed E-state index contributed by atoms with van der Waals surface area (Å²) < 4.78 is 4.74. The molecule has 0 heterocycles. The second kappa shape index (κ2) is 6.03. The van der Waals surface area contributed by atoms with Gasteiger partial charge in [-0.1, -0.05) is 32.9 Å². The molecule has 102 valence electrons. The molecule has 0 aromatic rings. The molecule has 1 aliphatic rings. The van der Waals surface area contributed by atoms with Crippen LogP contribution in [0, 0.1) is 11.3 Å². The Labute approximate surface area is 109 Å². The van der Waals surface area contributed by atoms with E-state index in [4.69, 9.17) is 4.74 Å². The molecule has 2 unspecified atom stereocenters. The minimum Gasteiger partial charge on any atom is -0.467 e. The third-order valence-corrected chi connectivity index (χ3v) is 3.17. The molecule has 4 heteroatoms. The van der Waals surface area contributed by atoms with Gasteiger partial charge in [0, 0.05) is 6.42 Å². The standard InChI is InChI=1S/C14H23NO3/c1-14(2,3)12(13(17)18-4)15-11(16)9-10-7-5-6-8-10/h5,7,10,12H,6,8-9H2,1-4H3,(H,15,16). The molecule has 0 saturated heterocycles. The topological polar surface area (TPSA) is 55.4 Å². The van der Waals surface area contributed by atoms with E-state index >= 15 is 0 Å². The van der Waals surface area contributed by atoms with E-state index in [0.717, 1.165) is 12.8 Å². The Morgan fingerprint density at radius 1 is 1.44 bits per heavy atom. The van der Waals surface area contributed by atoms with Crippen molar-refractivity contribution >= 4 is 11.9 Å². The number of ether oxygens (including phenoxy) is 1. The first-order valence-electron chi connectivity index (χ1n) is 6.38. The van der Waals surface area contributed by atoms with E-state index in [2.05, 4.69) is 17.5 Å². The van der Waals surface area contributed by atoms with Crippen LogP contribution in [0.3, 0.4) is 0 Å². The molecular formula is C14H23NO3. The highest BCUT2D eigenvalue weighted by atomic mass is 16.5. The summed E-state index contributed by atoms with van der Waals surface area (Å²) in [7, 11) is 1.34. The number of methoxy groups -OCH3 is 1. The molecule has 1 amide bonds. The van der Waals surface area contributed by atoms with E-state index in [-0.39, 0.29) is 11.3 Å². The van der Waals surface area contributed by atoms with E-state index in [1.165, 1.54) is 7.11 Å². The Bertz CT molecular complexity index is 341. The molecule has 0 radical (unpaired) electrons. The maximum atomic E-state index is 11.9. The van der Waals surface area contributed by atoms with Crippen LogP contribution in [-0.2, 0) is 14.3 Å². The van der Waals surface area contributed by atoms with Crippen molar-refractivity contribution in [3.63, 3.8) is 0 Å². The molecule has 18 heavy (non-hydrogen) atoms. The van der Waals surface area contributed by atoms with E-state index < -0.39 is 12.0 Å². The number of carbonyl (C=O) groups excluding carboxylic acids is 2. The van der Waals surface area contributed by atoms with Gasteiger partial charge in [-0.15, -0.1) is 0 Å². The van der Waals surface area contributed by atoms with Gasteiger partial charge in [0.25, 0.3) is 0 Å². The normalized spacial score (nSPS) is 20.6. The van der Waals surface area contributed by atoms with Crippen molar-refractivity contribution in [2.45, 2.75) is 46.1 Å². The summed E-state index contributed by atoms with van der Waals surface area (Å²) in [6.45, 7) is 5.72. The van der Waals surface area contributed by atoms with Crippen molar-refractivity contribution in [1.29, 1.82) is 0 Å². The molecule has 1 rings (SSSR count). The highest BCUT2D eigenvalue weighted by Crippen LogP contribution is 2.23. The lowest BCUT2D eigenvalue weighted by Gasteiger charge is -2.29. The Kier molecular flexibility index (Phi) is 4.93. The van der Waals surface area contributed by atoms with Crippen molar-refractivity contribution in [1.82, 2.24) is 5.32 Å². The molecule has 4 nitrogen and oxygen atoms in total.